The van der Waals surface area contributed by atoms with Crippen LogP contribution in [-0.2, 0) is 19.5 Å². The van der Waals surface area contributed by atoms with E-state index in [-0.39, 0.29) is 6.10 Å². The van der Waals surface area contributed by atoms with Crippen molar-refractivity contribution in [3.63, 3.8) is 0 Å². The number of aromatic nitrogens is 4. The minimum atomic E-state index is 0.138. The highest BCUT2D eigenvalue weighted by Crippen LogP contribution is 2.22. The van der Waals surface area contributed by atoms with Gasteiger partial charge < -0.3 is 4.74 Å². The molecule has 4 rings (SSSR count). The average molecular weight is 361 g/mol. The summed E-state index contributed by atoms with van der Waals surface area (Å²) in [4.78, 5) is 20.2. The van der Waals surface area contributed by atoms with Crippen molar-refractivity contribution in [2.24, 2.45) is 0 Å². The van der Waals surface area contributed by atoms with Crippen LogP contribution >= 0.6 is 0 Å². The Kier molecular flexibility index (Phi) is 5.07. The Morgan fingerprint density at radius 1 is 1.07 bits per heavy atom. The summed E-state index contributed by atoms with van der Waals surface area (Å²) in [5, 5.41) is 0. The number of hydrogen-bond acceptors (Lipinski definition) is 6. The van der Waals surface area contributed by atoms with E-state index < -0.39 is 0 Å². The van der Waals surface area contributed by atoms with Crippen LogP contribution in [-0.4, -0.2) is 37.5 Å². The minimum absolute atomic E-state index is 0.138. The summed E-state index contributed by atoms with van der Waals surface area (Å²) in [5.74, 6) is 1.45. The fraction of sp³-hybridized carbons (Fsp3) is 0.333. The van der Waals surface area contributed by atoms with Gasteiger partial charge >= 0.3 is 0 Å². The van der Waals surface area contributed by atoms with Gasteiger partial charge in [-0.25, -0.2) is 15.0 Å². The fourth-order valence-corrected chi connectivity index (χ4v) is 3.22. The van der Waals surface area contributed by atoms with Crippen molar-refractivity contribution in [1.82, 2.24) is 24.8 Å². The zero-order valence-corrected chi connectivity index (χ0v) is 15.7. The molecule has 0 unspecified atom stereocenters. The molecule has 3 aromatic heterocycles. The molecule has 0 aromatic carbocycles. The third-order valence-electron chi connectivity index (χ3n) is 4.51. The van der Waals surface area contributed by atoms with Crippen molar-refractivity contribution in [3.05, 3.63) is 65.9 Å². The highest BCUT2D eigenvalue weighted by molar-refractivity contribution is 5.54. The molecule has 6 heteroatoms. The topological polar surface area (TPSA) is 64.0 Å². The Hall–Kier alpha value is -2.86. The van der Waals surface area contributed by atoms with Gasteiger partial charge in [0.2, 0.25) is 5.88 Å². The fourth-order valence-electron chi connectivity index (χ4n) is 3.22. The lowest BCUT2D eigenvalue weighted by Crippen LogP contribution is -2.31. The van der Waals surface area contributed by atoms with E-state index in [1.165, 1.54) is 11.1 Å². The molecule has 0 saturated heterocycles. The third kappa shape index (κ3) is 4.28. The molecule has 0 aliphatic carbocycles. The molecule has 1 aliphatic heterocycles. The van der Waals surface area contributed by atoms with E-state index in [0.29, 0.717) is 5.88 Å². The Morgan fingerprint density at radius 3 is 2.67 bits per heavy atom. The molecule has 27 heavy (non-hydrogen) atoms. The van der Waals surface area contributed by atoms with Gasteiger partial charge in [0, 0.05) is 68.0 Å². The van der Waals surface area contributed by atoms with Crippen molar-refractivity contribution in [1.29, 1.82) is 0 Å². The monoisotopic (exact) mass is 361 g/mol. The van der Waals surface area contributed by atoms with Gasteiger partial charge in [-0.05, 0) is 31.5 Å². The van der Waals surface area contributed by atoms with Crippen LogP contribution in [0.2, 0.25) is 0 Å². The second-order valence-electron chi connectivity index (χ2n) is 7.03. The van der Waals surface area contributed by atoms with Gasteiger partial charge in [0.1, 0.15) is 0 Å². The van der Waals surface area contributed by atoms with Crippen LogP contribution in [0.1, 0.15) is 30.7 Å². The molecular formula is C21H23N5O. The molecule has 0 saturated carbocycles. The maximum absolute atomic E-state index is 5.61. The summed E-state index contributed by atoms with van der Waals surface area (Å²) < 4.78 is 5.61. The van der Waals surface area contributed by atoms with Crippen LogP contribution in [0, 0.1) is 0 Å². The largest absolute Gasteiger partial charge is 0.475 e. The van der Waals surface area contributed by atoms with Crippen molar-refractivity contribution in [3.8, 4) is 17.3 Å². The van der Waals surface area contributed by atoms with Crippen LogP contribution in [0.3, 0.4) is 0 Å². The maximum Gasteiger partial charge on any atom is 0.213 e. The van der Waals surface area contributed by atoms with E-state index in [0.717, 1.165) is 43.1 Å². The highest BCUT2D eigenvalue weighted by atomic mass is 16.5. The first kappa shape index (κ1) is 17.5. The third-order valence-corrected chi connectivity index (χ3v) is 4.51. The van der Waals surface area contributed by atoms with Gasteiger partial charge in [0.15, 0.2) is 5.82 Å². The van der Waals surface area contributed by atoms with Crippen LogP contribution in [0.5, 0.6) is 5.88 Å². The first-order valence-corrected chi connectivity index (χ1v) is 9.26. The number of ether oxygens (including phenoxy) is 1. The first-order chi connectivity index (χ1) is 13.2. The standard InChI is InChI=1S/C21H23N5O/c1-15(2)27-20-4-3-16(11-23-20)13-26-10-7-19-18(14-26)12-24-21(25-19)17-5-8-22-9-6-17/h3-6,8-9,11-12,15H,7,10,13-14H2,1-2H3. The van der Waals surface area contributed by atoms with Crippen molar-refractivity contribution >= 4 is 0 Å². The Morgan fingerprint density at radius 2 is 1.93 bits per heavy atom. The molecule has 0 radical (unpaired) electrons. The SMILES string of the molecule is CC(C)Oc1ccc(CN2CCc3nc(-c4ccncc4)ncc3C2)cn1. The summed E-state index contributed by atoms with van der Waals surface area (Å²) in [5.41, 5.74) is 4.53. The Balaban J connectivity index is 1.43. The summed E-state index contributed by atoms with van der Waals surface area (Å²) in [7, 11) is 0. The second kappa shape index (κ2) is 7.80. The predicted octanol–water partition coefficient (Wildman–Crippen LogP) is 3.28. The molecule has 6 nitrogen and oxygen atoms in total. The Bertz CT molecular complexity index is 896. The number of fused-ring (bicyclic) bond motifs is 1. The highest BCUT2D eigenvalue weighted by Gasteiger charge is 2.19. The molecule has 0 spiro atoms. The average Bonchev–Trinajstić information content (AvgIpc) is 2.69. The molecule has 0 fully saturated rings. The summed E-state index contributed by atoms with van der Waals surface area (Å²) in [6, 6.07) is 7.91. The first-order valence-electron chi connectivity index (χ1n) is 9.26. The molecule has 3 aromatic rings. The van der Waals surface area contributed by atoms with Crippen molar-refractivity contribution in [2.75, 3.05) is 6.54 Å². The van der Waals surface area contributed by atoms with Gasteiger partial charge in [0.25, 0.3) is 0 Å². The van der Waals surface area contributed by atoms with E-state index >= 15 is 0 Å². The van der Waals surface area contributed by atoms with E-state index in [2.05, 4.69) is 25.9 Å². The molecule has 1 aliphatic rings. The molecular weight excluding hydrogens is 338 g/mol. The normalized spacial score (nSPS) is 14.2. The summed E-state index contributed by atoms with van der Waals surface area (Å²) in [6.07, 6.45) is 8.46. The molecule has 4 heterocycles. The van der Waals surface area contributed by atoms with E-state index in [4.69, 9.17) is 9.72 Å². The quantitative estimate of drug-likeness (QED) is 0.695. The molecule has 0 bridgehead atoms. The maximum atomic E-state index is 5.61. The number of hydrogen-bond donors (Lipinski definition) is 0. The lowest BCUT2D eigenvalue weighted by molar-refractivity contribution is 0.230. The zero-order chi connectivity index (χ0) is 18.6. The van der Waals surface area contributed by atoms with Crippen LogP contribution < -0.4 is 4.74 Å². The van der Waals surface area contributed by atoms with Gasteiger partial charge in [0.05, 0.1) is 11.8 Å². The van der Waals surface area contributed by atoms with Gasteiger partial charge in [-0.3, -0.25) is 9.88 Å². The number of rotatable bonds is 5. The van der Waals surface area contributed by atoms with Crippen LogP contribution in [0.25, 0.3) is 11.4 Å². The number of nitrogens with zero attached hydrogens (tertiary/aromatic N) is 5. The van der Waals surface area contributed by atoms with Crippen molar-refractivity contribution in [2.45, 2.75) is 39.5 Å². The van der Waals surface area contributed by atoms with Gasteiger partial charge in [-0.1, -0.05) is 6.07 Å². The van der Waals surface area contributed by atoms with Gasteiger partial charge in [-0.15, -0.1) is 0 Å². The Labute approximate surface area is 159 Å². The van der Waals surface area contributed by atoms with Crippen LogP contribution in [0.15, 0.2) is 49.1 Å². The second-order valence-corrected chi connectivity index (χ2v) is 7.03. The van der Waals surface area contributed by atoms with E-state index in [9.17, 15) is 0 Å². The molecule has 138 valence electrons. The molecule has 0 amide bonds. The summed E-state index contributed by atoms with van der Waals surface area (Å²) >= 11 is 0. The minimum Gasteiger partial charge on any atom is -0.475 e. The van der Waals surface area contributed by atoms with Crippen molar-refractivity contribution < 1.29 is 4.74 Å². The smallest absolute Gasteiger partial charge is 0.213 e. The van der Waals surface area contributed by atoms with E-state index in [1.54, 1.807) is 12.4 Å². The molecule has 0 N–H and O–H groups in total. The lowest BCUT2D eigenvalue weighted by atomic mass is 10.1. The summed E-state index contributed by atoms with van der Waals surface area (Å²) in [6.45, 7) is 6.70. The lowest BCUT2D eigenvalue weighted by Gasteiger charge is -2.28. The number of pyridine rings is 2. The van der Waals surface area contributed by atoms with Crippen LogP contribution in [0.4, 0.5) is 0 Å². The zero-order valence-electron chi connectivity index (χ0n) is 15.7. The predicted molar refractivity (Wildman–Crippen MR) is 103 cm³/mol. The van der Waals surface area contributed by atoms with Gasteiger partial charge in [-0.2, -0.15) is 0 Å². The van der Waals surface area contributed by atoms with E-state index in [1.807, 2.05) is 44.4 Å². The molecule has 0 atom stereocenters.